The van der Waals surface area contributed by atoms with Gasteiger partial charge in [-0.2, -0.15) is 0 Å². The van der Waals surface area contributed by atoms with Crippen LogP contribution in [0.3, 0.4) is 0 Å². The highest BCUT2D eigenvalue weighted by molar-refractivity contribution is 5.28. The predicted octanol–water partition coefficient (Wildman–Crippen LogP) is 1.80. The van der Waals surface area contributed by atoms with Crippen molar-refractivity contribution in [3.8, 4) is 0 Å². The average molecular weight is 262 g/mol. The summed E-state index contributed by atoms with van der Waals surface area (Å²) in [5, 5.41) is 13.0. The van der Waals surface area contributed by atoms with Crippen molar-refractivity contribution in [3.05, 3.63) is 35.4 Å². The fraction of sp³-hybridized carbons (Fsp3) is 0.625. The maximum absolute atomic E-state index is 9.62. The van der Waals surface area contributed by atoms with E-state index in [1.165, 1.54) is 24.0 Å². The van der Waals surface area contributed by atoms with Gasteiger partial charge in [0.1, 0.15) is 0 Å². The molecule has 1 atom stereocenters. The molecule has 1 aromatic carbocycles. The largest absolute Gasteiger partial charge is 0.394 e. The van der Waals surface area contributed by atoms with E-state index in [-0.39, 0.29) is 12.1 Å². The molecule has 2 N–H and O–H groups in total. The molecule has 0 amide bonds. The maximum atomic E-state index is 9.62. The standard InChI is InChI=1S/C16H26N2O/c1-3-17-16(2,13-19)12-18-10-6-9-14-7-4-5-8-15(14)11-18/h4-5,7-8,17,19H,3,6,9-13H2,1-2H3. The van der Waals surface area contributed by atoms with E-state index in [0.717, 1.165) is 26.2 Å². The molecule has 0 fully saturated rings. The number of nitrogens with zero attached hydrogens (tertiary/aromatic N) is 1. The summed E-state index contributed by atoms with van der Waals surface area (Å²) in [5.74, 6) is 0. The Labute approximate surface area is 116 Å². The summed E-state index contributed by atoms with van der Waals surface area (Å²) in [6, 6.07) is 8.73. The Hall–Kier alpha value is -0.900. The second kappa shape index (κ2) is 6.51. The third kappa shape index (κ3) is 3.78. The van der Waals surface area contributed by atoms with Crippen LogP contribution in [0.1, 0.15) is 31.4 Å². The zero-order chi connectivity index (χ0) is 13.7. The molecule has 0 saturated carbocycles. The molecule has 1 aliphatic heterocycles. The molecule has 0 aliphatic carbocycles. The van der Waals surface area contributed by atoms with Gasteiger partial charge in [0.15, 0.2) is 0 Å². The number of fused-ring (bicyclic) bond motifs is 1. The number of nitrogens with one attached hydrogen (secondary N) is 1. The van der Waals surface area contributed by atoms with Crippen LogP contribution in [0, 0.1) is 0 Å². The Bertz CT molecular complexity index is 407. The summed E-state index contributed by atoms with van der Waals surface area (Å²) in [6.45, 7) is 8.26. The quantitative estimate of drug-likeness (QED) is 0.849. The lowest BCUT2D eigenvalue weighted by Crippen LogP contribution is -2.53. The predicted molar refractivity (Wildman–Crippen MR) is 79.2 cm³/mol. The minimum absolute atomic E-state index is 0.180. The molecule has 19 heavy (non-hydrogen) atoms. The third-order valence-electron chi connectivity index (χ3n) is 3.96. The van der Waals surface area contributed by atoms with Crippen LogP contribution < -0.4 is 5.32 Å². The molecule has 0 bridgehead atoms. The highest BCUT2D eigenvalue weighted by atomic mass is 16.3. The maximum Gasteiger partial charge on any atom is 0.0623 e. The van der Waals surface area contributed by atoms with Crippen molar-refractivity contribution in [2.24, 2.45) is 0 Å². The third-order valence-corrected chi connectivity index (χ3v) is 3.96. The number of benzene rings is 1. The molecule has 106 valence electrons. The molecule has 1 aromatic rings. The number of aryl methyl sites for hydroxylation is 1. The van der Waals surface area contributed by atoms with Gasteiger partial charge < -0.3 is 10.4 Å². The van der Waals surface area contributed by atoms with E-state index in [1.54, 1.807) is 0 Å². The van der Waals surface area contributed by atoms with Gasteiger partial charge in [-0.3, -0.25) is 4.90 Å². The zero-order valence-corrected chi connectivity index (χ0v) is 12.2. The summed E-state index contributed by atoms with van der Waals surface area (Å²) in [6.07, 6.45) is 2.37. The number of hydrogen-bond acceptors (Lipinski definition) is 3. The molecule has 0 aromatic heterocycles. The molecule has 1 aliphatic rings. The first-order valence-electron chi connectivity index (χ1n) is 7.32. The lowest BCUT2D eigenvalue weighted by atomic mass is 10.0. The SMILES string of the molecule is CCNC(C)(CO)CN1CCCc2ccccc2C1. The van der Waals surface area contributed by atoms with Crippen molar-refractivity contribution < 1.29 is 5.11 Å². The molecule has 0 saturated heterocycles. The van der Waals surface area contributed by atoms with Crippen LogP contribution >= 0.6 is 0 Å². The smallest absolute Gasteiger partial charge is 0.0623 e. The van der Waals surface area contributed by atoms with Crippen LogP contribution in [-0.2, 0) is 13.0 Å². The first-order chi connectivity index (χ1) is 9.17. The van der Waals surface area contributed by atoms with Gasteiger partial charge in [-0.25, -0.2) is 0 Å². The van der Waals surface area contributed by atoms with E-state index in [9.17, 15) is 5.11 Å². The summed E-state index contributed by atoms with van der Waals surface area (Å²) in [7, 11) is 0. The summed E-state index contributed by atoms with van der Waals surface area (Å²) < 4.78 is 0. The fourth-order valence-corrected chi connectivity index (χ4v) is 2.99. The van der Waals surface area contributed by atoms with Crippen LogP contribution in [0.4, 0.5) is 0 Å². The Balaban J connectivity index is 2.06. The first kappa shape index (κ1) is 14.5. The molecule has 3 heteroatoms. The van der Waals surface area contributed by atoms with Gasteiger partial charge in [-0.1, -0.05) is 31.2 Å². The first-order valence-corrected chi connectivity index (χ1v) is 7.32. The van der Waals surface area contributed by atoms with Crippen molar-refractivity contribution in [1.82, 2.24) is 10.2 Å². The molecule has 1 unspecified atom stereocenters. The highest BCUT2D eigenvalue weighted by Gasteiger charge is 2.26. The normalized spacial score (nSPS) is 19.5. The molecule has 0 radical (unpaired) electrons. The Morgan fingerprint density at radius 3 is 2.74 bits per heavy atom. The monoisotopic (exact) mass is 262 g/mol. The molecule has 2 rings (SSSR count). The molecular weight excluding hydrogens is 236 g/mol. The van der Waals surface area contributed by atoms with E-state index in [2.05, 4.69) is 48.3 Å². The van der Waals surface area contributed by atoms with Crippen molar-refractivity contribution in [3.63, 3.8) is 0 Å². The Morgan fingerprint density at radius 1 is 1.32 bits per heavy atom. The number of aliphatic hydroxyl groups excluding tert-OH is 1. The second-order valence-electron chi connectivity index (χ2n) is 5.83. The van der Waals surface area contributed by atoms with E-state index >= 15 is 0 Å². The van der Waals surface area contributed by atoms with Crippen molar-refractivity contribution in [2.75, 3.05) is 26.2 Å². The van der Waals surface area contributed by atoms with E-state index < -0.39 is 0 Å². The van der Waals surface area contributed by atoms with E-state index in [1.807, 2.05) is 0 Å². The summed E-state index contributed by atoms with van der Waals surface area (Å²) >= 11 is 0. The van der Waals surface area contributed by atoms with Crippen LogP contribution in [0.5, 0.6) is 0 Å². The lowest BCUT2D eigenvalue weighted by molar-refractivity contribution is 0.118. The van der Waals surface area contributed by atoms with Crippen LogP contribution in [0.2, 0.25) is 0 Å². The minimum atomic E-state index is -0.200. The van der Waals surface area contributed by atoms with Crippen molar-refractivity contribution >= 4 is 0 Å². The topological polar surface area (TPSA) is 35.5 Å². The zero-order valence-electron chi connectivity index (χ0n) is 12.2. The fourth-order valence-electron chi connectivity index (χ4n) is 2.99. The van der Waals surface area contributed by atoms with Crippen LogP contribution in [0.15, 0.2) is 24.3 Å². The second-order valence-corrected chi connectivity index (χ2v) is 5.83. The van der Waals surface area contributed by atoms with Crippen molar-refractivity contribution in [1.29, 1.82) is 0 Å². The molecule has 1 heterocycles. The average Bonchev–Trinajstić information content (AvgIpc) is 2.60. The highest BCUT2D eigenvalue weighted by Crippen LogP contribution is 2.20. The van der Waals surface area contributed by atoms with Gasteiger partial charge in [0.25, 0.3) is 0 Å². The molecule has 0 spiro atoms. The van der Waals surface area contributed by atoms with Crippen molar-refractivity contribution in [2.45, 2.75) is 38.8 Å². The number of aliphatic hydroxyl groups is 1. The van der Waals surface area contributed by atoms with Gasteiger partial charge in [0.2, 0.25) is 0 Å². The minimum Gasteiger partial charge on any atom is -0.394 e. The van der Waals surface area contributed by atoms with E-state index in [4.69, 9.17) is 0 Å². The van der Waals surface area contributed by atoms with Crippen LogP contribution in [-0.4, -0.2) is 41.8 Å². The molecule has 3 nitrogen and oxygen atoms in total. The molecular formula is C16H26N2O. The Morgan fingerprint density at radius 2 is 2.05 bits per heavy atom. The van der Waals surface area contributed by atoms with Gasteiger partial charge in [-0.15, -0.1) is 0 Å². The summed E-state index contributed by atoms with van der Waals surface area (Å²) in [5.41, 5.74) is 2.73. The summed E-state index contributed by atoms with van der Waals surface area (Å²) in [4.78, 5) is 2.46. The van der Waals surface area contributed by atoms with Crippen LogP contribution in [0.25, 0.3) is 0 Å². The van der Waals surface area contributed by atoms with Gasteiger partial charge >= 0.3 is 0 Å². The lowest BCUT2D eigenvalue weighted by Gasteiger charge is -2.34. The number of rotatable bonds is 5. The van der Waals surface area contributed by atoms with Gasteiger partial charge in [0.05, 0.1) is 12.1 Å². The van der Waals surface area contributed by atoms with E-state index in [0.29, 0.717) is 0 Å². The number of likely N-dealkylation sites (N-methyl/N-ethyl adjacent to an activating group) is 1. The number of hydrogen-bond donors (Lipinski definition) is 2. The van der Waals surface area contributed by atoms with Gasteiger partial charge in [-0.05, 0) is 44.0 Å². The van der Waals surface area contributed by atoms with Gasteiger partial charge in [0, 0.05) is 13.1 Å². The Kier molecular flexibility index (Phi) is 4.97.